The Morgan fingerprint density at radius 3 is 2.31 bits per heavy atom. The van der Waals surface area contributed by atoms with E-state index in [4.69, 9.17) is 21.1 Å². The Bertz CT molecular complexity index is 1440. The predicted octanol–water partition coefficient (Wildman–Crippen LogP) is 6.20. The number of para-hydroxylation sites is 1. The Morgan fingerprint density at radius 1 is 1.08 bits per heavy atom. The number of anilines is 1. The summed E-state index contributed by atoms with van der Waals surface area (Å²) < 4.78 is 49.7. The van der Waals surface area contributed by atoms with Gasteiger partial charge in [0.2, 0.25) is 5.75 Å². The van der Waals surface area contributed by atoms with Crippen LogP contribution in [0.3, 0.4) is 0 Å². The molecule has 3 rings (SSSR count). The predicted molar refractivity (Wildman–Crippen MR) is 134 cm³/mol. The molecule has 0 aliphatic heterocycles. The number of benzene rings is 3. The van der Waals surface area contributed by atoms with E-state index in [-0.39, 0.29) is 16.5 Å². The van der Waals surface area contributed by atoms with Crippen LogP contribution < -0.4 is 14.4 Å². The molecular formula is C26H19ClF3N3O6. The molecule has 0 aliphatic rings. The number of nitro benzene ring substituents is 1. The Hall–Kier alpha value is -4.63. The number of nitriles is 1. The van der Waals surface area contributed by atoms with Crippen LogP contribution in [0.5, 0.6) is 17.2 Å². The van der Waals surface area contributed by atoms with Gasteiger partial charge in [0.1, 0.15) is 11.5 Å². The number of hydrogen-bond acceptors (Lipinski definition) is 7. The topological polar surface area (TPSA) is 123 Å². The summed E-state index contributed by atoms with van der Waals surface area (Å²) in [6.07, 6.45) is -6.11. The van der Waals surface area contributed by atoms with E-state index in [1.807, 2.05) is 0 Å². The highest BCUT2D eigenvalue weighted by atomic mass is 35.5. The first-order chi connectivity index (χ1) is 18.3. The molecule has 202 valence electrons. The first kappa shape index (κ1) is 28.9. The van der Waals surface area contributed by atoms with Crippen LogP contribution in [-0.2, 0) is 15.8 Å². The molecule has 3 aromatic carbocycles. The maximum atomic E-state index is 13.0. The number of rotatable bonds is 9. The fourth-order valence-corrected chi connectivity index (χ4v) is 3.61. The SMILES string of the molecule is CC(Oc1cc(Oc2ccc(C(F)(F)F)cc2Cl)ccc1[N+](=O)[O-])C(=O)C(C#N)C(=O)N(C)c1ccccc1. The van der Waals surface area contributed by atoms with Crippen molar-refractivity contribution in [2.24, 2.45) is 5.92 Å². The lowest BCUT2D eigenvalue weighted by Gasteiger charge is -2.22. The monoisotopic (exact) mass is 561 g/mol. The van der Waals surface area contributed by atoms with Crippen LogP contribution in [0.1, 0.15) is 12.5 Å². The summed E-state index contributed by atoms with van der Waals surface area (Å²) >= 11 is 5.91. The summed E-state index contributed by atoms with van der Waals surface area (Å²) in [7, 11) is 1.39. The van der Waals surface area contributed by atoms with Crippen LogP contribution in [0.2, 0.25) is 5.02 Å². The number of Topliss-reactive ketones (excluding diaryl/α,β-unsaturated/α-hetero) is 1. The number of ketones is 1. The summed E-state index contributed by atoms with van der Waals surface area (Å²) in [6, 6.07) is 15.5. The lowest BCUT2D eigenvalue weighted by atomic mass is 10.00. The molecule has 0 radical (unpaired) electrons. The fraction of sp³-hybridized carbons (Fsp3) is 0.192. The normalized spacial score (nSPS) is 12.5. The van der Waals surface area contributed by atoms with Gasteiger partial charge in [0.25, 0.3) is 5.91 Å². The molecule has 0 aromatic heterocycles. The van der Waals surface area contributed by atoms with Crippen molar-refractivity contribution in [2.45, 2.75) is 19.2 Å². The average molecular weight is 562 g/mol. The molecule has 0 saturated heterocycles. The van der Waals surface area contributed by atoms with E-state index in [1.165, 1.54) is 14.0 Å². The molecule has 2 atom stereocenters. The molecule has 1 amide bonds. The van der Waals surface area contributed by atoms with Crippen molar-refractivity contribution in [3.63, 3.8) is 0 Å². The third-order valence-electron chi connectivity index (χ3n) is 5.45. The molecule has 3 aromatic rings. The molecule has 2 unspecified atom stereocenters. The second kappa shape index (κ2) is 11.8. The molecule has 0 spiro atoms. The van der Waals surface area contributed by atoms with Gasteiger partial charge < -0.3 is 14.4 Å². The smallest absolute Gasteiger partial charge is 0.416 e. The molecular weight excluding hydrogens is 543 g/mol. The molecule has 13 heteroatoms. The first-order valence-electron chi connectivity index (χ1n) is 11.1. The van der Waals surface area contributed by atoms with E-state index in [9.17, 15) is 38.1 Å². The molecule has 0 heterocycles. The number of hydrogen-bond donors (Lipinski definition) is 0. The number of halogens is 4. The number of carbonyl (C=O) groups excluding carboxylic acids is 2. The standard InChI is InChI=1S/C26H19ClF3N3O6/c1-15(24(34)19(14-31)25(35)32(2)17-6-4-3-5-7-17)38-23-13-18(9-10-21(23)33(36)37)39-22-11-8-16(12-20(22)27)26(28,29)30/h3-13,15,19H,1-2H3. The van der Waals surface area contributed by atoms with Crippen molar-refractivity contribution in [1.82, 2.24) is 0 Å². The second-order valence-corrected chi connectivity index (χ2v) is 8.50. The van der Waals surface area contributed by atoms with E-state index >= 15 is 0 Å². The van der Waals surface area contributed by atoms with Crippen molar-refractivity contribution < 1.29 is 37.2 Å². The van der Waals surface area contributed by atoms with Crippen LogP contribution in [0.4, 0.5) is 24.5 Å². The maximum absolute atomic E-state index is 13.0. The average Bonchev–Trinajstić information content (AvgIpc) is 2.89. The van der Waals surface area contributed by atoms with Crippen LogP contribution in [0.15, 0.2) is 66.7 Å². The van der Waals surface area contributed by atoms with E-state index in [0.29, 0.717) is 11.8 Å². The number of alkyl halides is 3. The Labute approximate surface area is 225 Å². The Morgan fingerprint density at radius 2 is 1.74 bits per heavy atom. The highest BCUT2D eigenvalue weighted by molar-refractivity contribution is 6.32. The summed E-state index contributed by atoms with van der Waals surface area (Å²) in [5.74, 6) is -4.26. The number of carbonyl (C=O) groups is 2. The summed E-state index contributed by atoms with van der Waals surface area (Å²) in [5.41, 5.74) is -1.13. The van der Waals surface area contributed by atoms with E-state index < -0.39 is 51.8 Å². The number of nitrogens with zero attached hydrogens (tertiary/aromatic N) is 3. The Balaban J connectivity index is 1.83. The van der Waals surface area contributed by atoms with Crippen LogP contribution in [0.25, 0.3) is 0 Å². The highest BCUT2D eigenvalue weighted by Gasteiger charge is 2.35. The van der Waals surface area contributed by atoms with Gasteiger partial charge in [-0.3, -0.25) is 19.7 Å². The van der Waals surface area contributed by atoms with E-state index in [2.05, 4.69) is 0 Å². The van der Waals surface area contributed by atoms with Crippen LogP contribution in [0, 0.1) is 27.4 Å². The van der Waals surface area contributed by atoms with Gasteiger partial charge in [-0.1, -0.05) is 29.8 Å². The van der Waals surface area contributed by atoms with Gasteiger partial charge in [-0.05, 0) is 43.3 Å². The van der Waals surface area contributed by atoms with Crippen molar-refractivity contribution in [2.75, 3.05) is 11.9 Å². The van der Waals surface area contributed by atoms with E-state index in [0.717, 1.165) is 35.2 Å². The van der Waals surface area contributed by atoms with Gasteiger partial charge in [0.05, 0.1) is 21.6 Å². The molecule has 39 heavy (non-hydrogen) atoms. The molecule has 0 aliphatic carbocycles. The number of nitro groups is 1. The zero-order valence-corrected chi connectivity index (χ0v) is 21.1. The van der Waals surface area contributed by atoms with E-state index in [1.54, 1.807) is 36.4 Å². The van der Waals surface area contributed by atoms with Gasteiger partial charge >= 0.3 is 11.9 Å². The first-order valence-corrected chi connectivity index (χ1v) is 11.5. The largest absolute Gasteiger partial charge is 0.476 e. The fourth-order valence-electron chi connectivity index (χ4n) is 3.39. The van der Waals surface area contributed by atoms with Gasteiger partial charge in [-0.2, -0.15) is 18.4 Å². The molecule has 0 N–H and O–H groups in total. The minimum absolute atomic E-state index is 0.103. The Kier molecular flexibility index (Phi) is 8.78. The van der Waals surface area contributed by atoms with Crippen LogP contribution in [-0.4, -0.2) is 29.8 Å². The van der Waals surface area contributed by atoms with Crippen LogP contribution >= 0.6 is 11.6 Å². The molecule has 0 saturated carbocycles. The second-order valence-electron chi connectivity index (χ2n) is 8.09. The highest BCUT2D eigenvalue weighted by Crippen LogP contribution is 2.39. The lowest BCUT2D eigenvalue weighted by Crippen LogP contribution is -2.41. The van der Waals surface area contributed by atoms with Gasteiger partial charge in [0, 0.05) is 24.9 Å². The van der Waals surface area contributed by atoms with Gasteiger partial charge in [0.15, 0.2) is 17.8 Å². The van der Waals surface area contributed by atoms with Crippen molar-refractivity contribution in [1.29, 1.82) is 5.26 Å². The summed E-state index contributed by atoms with van der Waals surface area (Å²) in [4.78, 5) is 37.7. The molecule has 9 nitrogen and oxygen atoms in total. The third-order valence-corrected chi connectivity index (χ3v) is 5.75. The number of amides is 1. The van der Waals surface area contributed by atoms with Crippen molar-refractivity contribution in [3.05, 3.63) is 87.4 Å². The quantitative estimate of drug-likeness (QED) is 0.173. The van der Waals surface area contributed by atoms with Crippen molar-refractivity contribution >= 4 is 34.7 Å². The zero-order chi connectivity index (χ0) is 28.9. The molecule has 0 fully saturated rings. The number of ether oxygens (including phenoxy) is 2. The molecule has 0 bridgehead atoms. The van der Waals surface area contributed by atoms with Crippen molar-refractivity contribution in [3.8, 4) is 23.3 Å². The minimum Gasteiger partial charge on any atom is -0.476 e. The zero-order valence-electron chi connectivity index (χ0n) is 20.3. The maximum Gasteiger partial charge on any atom is 0.416 e. The lowest BCUT2D eigenvalue weighted by molar-refractivity contribution is -0.386. The van der Waals surface area contributed by atoms with Gasteiger partial charge in [-0.25, -0.2) is 0 Å². The minimum atomic E-state index is -4.63. The van der Waals surface area contributed by atoms with Gasteiger partial charge in [-0.15, -0.1) is 0 Å². The summed E-state index contributed by atoms with van der Waals surface area (Å²) in [6.45, 7) is 1.21. The third kappa shape index (κ3) is 6.82. The summed E-state index contributed by atoms with van der Waals surface area (Å²) in [5, 5.41) is 20.7.